The maximum atomic E-state index is 13.2. The zero-order valence-electron chi connectivity index (χ0n) is 15.4. The van der Waals surface area contributed by atoms with E-state index in [9.17, 15) is 8.42 Å². The Morgan fingerprint density at radius 2 is 2.11 bits per heavy atom. The molecule has 4 heterocycles. The highest BCUT2D eigenvalue weighted by atomic mass is 32.2. The lowest BCUT2D eigenvalue weighted by Crippen LogP contribution is -2.39. The molecule has 0 radical (unpaired) electrons. The van der Waals surface area contributed by atoms with Crippen molar-refractivity contribution < 1.29 is 12.9 Å². The third-order valence-corrected chi connectivity index (χ3v) is 8.25. The van der Waals surface area contributed by atoms with Crippen LogP contribution in [0.3, 0.4) is 0 Å². The molecule has 0 saturated carbocycles. The first-order chi connectivity index (χ1) is 12.9. The quantitative estimate of drug-likeness (QED) is 0.713. The molecule has 3 aromatic heterocycles. The van der Waals surface area contributed by atoms with E-state index in [0.29, 0.717) is 28.9 Å². The van der Waals surface area contributed by atoms with Crippen LogP contribution < -0.4 is 0 Å². The van der Waals surface area contributed by atoms with Gasteiger partial charge in [0, 0.05) is 23.9 Å². The van der Waals surface area contributed by atoms with E-state index in [1.165, 1.54) is 11.3 Å². The summed E-state index contributed by atoms with van der Waals surface area (Å²) < 4.78 is 33.4. The first-order valence-electron chi connectivity index (χ1n) is 8.78. The summed E-state index contributed by atoms with van der Waals surface area (Å²) in [4.78, 5) is 5.23. The molecule has 1 aliphatic heterocycles. The molecule has 4 rings (SSSR count). The van der Waals surface area contributed by atoms with E-state index in [1.807, 2.05) is 26.8 Å². The van der Waals surface area contributed by atoms with E-state index in [0.717, 1.165) is 34.8 Å². The molecule has 0 aliphatic carbocycles. The molecule has 1 saturated heterocycles. The lowest BCUT2D eigenvalue weighted by molar-refractivity contribution is 0.310. The van der Waals surface area contributed by atoms with Crippen molar-refractivity contribution in [3.05, 3.63) is 35.2 Å². The summed E-state index contributed by atoms with van der Waals surface area (Å²) in [5.41, 5.74) is 1.63. The average Bonchev–Trinajstić information content (AvgIpc) is 3.36. The Labute approximate surface area is 161 Å². The monoisotopic (exact) mass is 407 g/mol. The van der Waals surface area contributed by atoms with Gasteiger partial charge in [-0.05, 0) is 45.7 Å². The Morgan fingerprint density at radius 1 is 1.30 bits per heavy atom. The molecule has 1 atom stereocenters. The molecule has 27 heavy (non-hydrogen) atoms. The number of nitrogens with zero attached hydrogens (tertiary/aromatic N) is 4. The fourth-order valence-electron chi connectivity index (χ4n) is 3.47. The molecule has 144 valence electrons. The molecule has 1 N–H and O–H groups in total. The minimum absolute atomic E-state index is 0.0143. The number of hydrogen-bond donors (Lipinski definition) is 1. The second-order valence-electron chi connectivity index (χ2n) is 6.80. The molecule has 8 nitrogen and oxygen atoms in total. The molecule has 10 heteroatoms. The van der Waals surface area contributed by atoms with Gasteiger partial charge in [0.05, 0.1) is 11.3 Å². The maximum Gasteiger partial charge on any atom is 0.252 e. The van der Waals surface area contributed by atoms with Gasteiger partial charge in [-0.25, -0.2) is 13.4 Å². The van der Waals surface area contributed by atoms with E-state index in [4.69, 9.17) is 4.52 Å². The van der Waals surface area contributed by atoms with E-state index in [2.05, 4.69) is 20.3 Å². The van der Waals surface area contributed by atoms with Crippen LogP contribution in [0.25, 0.3) is 10.4 Å². The Morgan fingerprint density at radius 3 is 2.78 bits per heavy atom. The number of aromatic nitrogens is 4. The number of thiophene rings is 1. The number of rotatable bonds is 4. The molecule has 3 aromatic rings. The highest BCUT2D eigenvalue weighted by Crippen LogP contribution is 2.37. The largest absolute Gasteiger partial charge is 0.361 e. The van der Waals surface area contributed by atoms with E-state index in [1.54, 1.807) is 10.4 Å². The van der Waals surface area contributed by atoms with Crippen molar-refractivity contribution in [2.75, 3.05) is 13.1 Å². The summed E-state index contributed by atoms with van der Waals surface area (Å²) in [6.07, 6.45) is 1.68. The third-order valence-electron chi connectivity index (χ3n) is 4.82. The van der Waals surface area contributed by atoms with E-state index >= 15 is 0 Å². The van der Waals surface area contributed by atoms with Crippen molar-refractivity contribution in [2.45, 2.75) is 43.7 Å². The van der Waals surface area contributed by atoms with Crippen molar-refractivity contribution in [3.8, 4) is 10.4 Å². The Hall–Kier alpha value is -2.04. The van der Waals surface area contributed by atoms with Crippen LogP contribution in [0.2, 0.25) is 0 Å². The smallest absolute Gasteiger partial charge is 0.252 e. The maximum absolute atomic E-state index is 13.2. The van der Waals surface area contributed by atoms with Gasteiger partial charge in [0.15, 0.2) is 5.82 Å². The second-order valence-corrected chi connectivity index (χ2v) is 10.0. The van der Waals surface area contributed by atoms with Crippen LogP contribution in [0, 0.1) is 20.8 Å². The first-order valence-corrected chi connectivity index (χ1v) is 11.0. The summed E-state index contributed by atoms with van der Waals surface area (Å²) in [5.74, 6) is 2.14. The number of aryl methyl sites for hydroxylation is 3. The minimum Gasteiger partial charge on any atom is -0.361 e. The number of sulfonamides is 1. The summed E-state index contributed by atoms with van der Waals surface area (Å²) in [5, 5.41) is 11.0. The van der Waals surface area contributed by atoms with Crippen molar-refractivity contribution in [1.29, 1.82) is 0 Å². The van der Waals surface area contributed by atoms with Crippen LogP contribution in [0.4, 0.5) is 0 Å². The Balaban J connectivity index is 1.60. The van der Waals surface area contributed by atoms with Crippen molar-refractivity contribution in [2.24, 2.45) is 0 Å². The molecule has 1 aliphatic rings. The molecule has 0 spiro atoms. The van der Waals surface area contributed by atoms with Crippen LogP contribution >= 0.6 is 11.3 Å². The van der Waals surface area contributed by atoms with Gasteiger partial charge in [-0.1, -0.05) is 5.16 Å². The van der Waals surface area contributed by atoms with Gasteiger partial charge < -0.3 is 4.52 Å². The van der Waals surface area contributed by atoms with Crippen molar-refractivity contribution >= 4 is 21.4 Å². The number of nitrogens with one attached hydrogen (secondary N) is 1. The SMILES string of the molecule is Cc1nc(C2CCCN(S(=O)(=O)c3ccc(-c4c(C)noc4C)s3)C2)n[nH]1. The molecule has 1 fully saturated rings. The van der Waals surface area contributed by atoms with Gasteiger partial charge in [0.1, 0.15) is 15.8 Å². The number of aromatic amines is 1. The van der Waals surface area contributed by atoms with Gasteiger partial charge in [0.25, 0.3) is 10.0 Å². The zero-order valence-corrected chi connectivity index (χ0v) is 17.0. The van der Waals surface area contributed by atoms with Gasteiger partial charge in [-0.15, -0.1) is 11.3 Å². The zero-order chi connectivity index (χ0) is 19.2. The second kappa shape index (κ2) is 6.84. The highest BCUT2D eigenvalue weighted by molar-refractivity contribution is 7.91. The highest BCUT2D eigenvalue weighted by Gasteiger charge is 2.33. The van der Waals surface area contributed by atoms with Crippen molar-refractivity contribution in [3.63, 3.8) is 0 Å². The molecular weight excluding hydrogens is 386 g/mol. The van der Waals surface area contributed by atoms with Crippen LogP contribution in [0.5, 0.6) is 0 Å². The summed E-state index contributed by atoms with van der Waals surface area (Å²) in [6, 6.07) is 3.49. The first kappa shape index (κ1) is 18.3. The Kier molecular flexibility index (Phi) is 4.65. The van der Waals surface area contributed by atoms with Crippen molar-refractivity contribution in [1.82, 2.24) is 24.6 Å². The van der Waals surface area contributed by atoms with Gasteiger partial charge in [-0.2, -0.15) is 9.40 Å². The fourth-order valence-corrected chi connectivity index (χ4v) is 6.60. The minimum atomic E-state index is -3.56. The van der Waals surface area contributed by atoms with Crippen LogP contribution in [-0.4, -0.2) is 46.2 Å². The lowest BCUT2D eigenvalue weighted by atomic mass is 9.99. The van der Waals surface area contributed by atoms with Gasteiger partial charge in [0.2, 0.25) is 0 Å². The predicted octanol–water partition coefficient (Wildman–Crippen LogP) is 3.01. The topological polar surface area (TPSA) is 105 Å². The molecule has 1 unspecified atom stereocenters. The third kappa shape index (κ3) is 3.32. The van der Waals surface area contributed by atoms with E-state index < -0.39 is 10.0 Å². The number of hydrogen-bond acceptors (Lipinski definition) is 7. The summed E-state index contributed by atoms with van der Waals surface area (Å²) >= 11 is 1.25. The van der Waals surface area contributed by atoms with Crippen LogP contribution in [0.1, 0.15) is 41.9 Å². The Bertz CT molecular complexity index is 1050. The van der Waals surface area contributed by atoms with Gasteiger partial charge >= 0.3 is 0 Å². The van der Waals surface area contributed by atoms with Crippen LogP contribution in [0.15, 0.2) is 20.9 Å². The number of H-pyrrole nitrogens is 1. The molecular formula is C17H21N5O3S2. The average molecular weight is 408 g/mol. The van der Waals surface area contributed by atoms with Gasteiger partial charge in [-0.3, -0.25) is 5.10 Å². The number of piperidine rings is 1. The summed E-state index contributed by atoms with van der Waals surface area (Å²) in [7, 11) is -3.56. The fraction of sp³-hybridized carbons (Fsp3) is 0.471. The molecule has 0 bridgehead atoms. The summed E-state index contributed by atoms with van der Waals surface area (Å²) in [6.45, 7) is 6.44. The standard InChI is InChI=1S/C17H21N5O3S2/c1-10-16(11(2)25-21-10)14-6-7-15(26-14)27(23,24)22-8-4-5-13(9-22)17-18-12(3)19-20-17/h6-7,13H,4-5,8-9H2,1-3H3,(H,18,19,20). The lowest BCUT2D eigenvalue weighted by Gasteiger charge is -2.30. The normalized spacial score (nSPS) is 18.9. The van der Waals surface area contributed by atoms with Crippen LogP contribution in [-0.2, 0) is 10.0 Å². The molecule has 0 aromatic carbocycles. The van der Waals surface area contributed by atoms with E-state index in [-0.39, 0.29) is 5.92 Å². The molecule has 0 amide bonds. The predicted molar refractivity (Wildman–Crippen MR) is 101 cm³/mol.